The second-order valence-electron chi connectivity index (χ2n) is 5.02. The van der Waals surface area contributed by atoms with Crippen LogP contribution in [0, 0.1) is 0 Å². The highest BCUT2D eigenvalue weighted by Crippen LogP contribution is 2.37. The fraction of sp³-hybridized carbons (Fsp3) is 0.400. The number of amides is 1. The summed E-state index contributed by atoms with van der Waals surface area (Å²) in [5.41, 5.74) is 2.90. The van der Waals surface area contributed by atoms with Crippen molar-refractivity contribution in [3.05, 3.63) is 28.8 Å². The van der Waals surface area contributed by atoms with Gasteiger partial charge in [0.1, 0.15) is 0 Å². The van der Waals surface area contributed by atoms with Gasteiger partial charge < -0.3 is 9.64 Å². The Bertz CT molecular complexity index is 621. The molecule has 3 rings (SSSR count). The molecule has 1 amide bonds. The average molecular weight is 273 g/mol. The van der Waals surface area contributed by atoms with E-state index in [0.29, 0.717) is 18.7 Å². The van der Waals surface area contributed by atoms with Crippen molar-refractivity contribution in [2.24, 2.45) is 0 Å². The van der Waals surface area contributed by atoms with Crippen LogP contribution in [-0.2, 0) is 27.2 Å². The molecule has 5 heteroatoms. The molecule has 1 aromatic carbocycles. The number of aryl methyl sites for hydroxylation is 1. The van der Waals surface area contributed by atoms with Gasteiger partial charge in [0.25, 0.3) is 11.7 Å². The van der Waals surface area contributed by atoms with E-state index < -0.39 is 11.7 Å². The van der Waals surface area contributed by atoms with Crippen LogP contribution in [0.4, 0.5) is 5.69 Å². The molecule has 5 nitrogen and oxygen atoms in total. The van der Waals surface area contributed by atoms with Crippen LogP contribution in [0.15, 0.2) is 12.1 Å². The molecule has 2 aliphatic heterocycles. The third kappa shape index (κ3) is 1.90. The van der Waals surface area contributed by atoms with Crippen molar-refractivity contribution in [2.75, 3.05) is 18.1 Å². The van der Waals surface area contributed by atoms with Gasteiger partial charge in [-0.05, 0) is 37.0 Å². The van der Waals surface area contributed by atoms with E-state index in [1.54, 1.807) is 17.9 Å². The van der Waals surface area contributed by atoms with Crippen molar-refractivity contribution in [1.82, 2.24) is 0 Å². The highest BCUT2D eigenvalue weighted by molar-refractivity contribution is 6.52. The number of hydrogen-bond acceptors (Lipinski definition) is 4. The fourth-order valence-electron chi connectivity index (χ4n) is 2.90. The SMILES string of the molecule is CCOC(=O)Cc1cc2c3c(c1)C(=O)C(=O)N3CCC2. The second kappa shape index (κ2) is 4.74. The Balaban J connectivity index is 2.00. The van der Waals surface area contributed by atoms with Gasteiger partial charge in [-0.3, -0.25) is 14.4 Å². The van der Waals surface area contributed by atoms with Crippen molar-refractivity contribution >= 4 is 23.3 Å². The first-order valence-corrected chi connectivity index (χ1v) is 6.79. The Hall–Kier alpha value is -2.17. The number of carbonyl (C=O) groups excluding carboxylic acids is 3. The van der Waals surface area contributed by atoms with Gasteiger partial charge in [0, 0.05) is 6.54 Å². The maximum Gasteiger partial charge on any atom is 0.310 e. The number of Topliss-reactive ketones (excluding diaryl/α,β-unsaturated/α-hetero) is 1. The van der Waals surface area contributed by atoms with E-state index in [4.69, 9.17) is 4.74 Å². The Labute approximate surface area is 116 Å². The first kappa shape index (κ1) is 12.8. The Morgan fingerprint density at radius 2 is 2.15 bits per heavy atom. The number of anilines is 1. The number of ketones is 1. The van der Waals surface area contributed by atoms with Gasteiger partial charge in [0.05, 0.1) is 24.3 Å². The molecule has 2 heterocycles. The van der Waals surface area contributed by atoms with Crippen molar-refractivity contribution in [3.63, 3.8) is 0 Å². The minimum Gasteiger partial charge on any atom is -0.466 e. The van der Waals surface area contributed by atoms with E-state index in [0.717, 1.165) is 29.7 Å². The standard InChI is InChI=1S/C15H15NO4/c1-2-20-12(17)8-9-6-10-4-3-5-16-13(10)11(7-9)14(18)15(16)19/h6-7H,2-5,8H2,1H3. The first-order valence-electron chi connectivity index (χ1n) is 6.79. The Kier molecular flexibility index (Phi) is 3.04. The van der Waals surface area contributed by atoms with Crippen LogP contribution in [-0.4, -0.2) is 30.8 Å². The van der Waals surface area contributed by atoms with Crippen molar-refractivity contribution < 1.29 is 19.1 Å². The summed E-state index contributed by atoms with van der Waals surface area (Å²) in [6, 6.07) is 3.56. The number of nitrogens with zero attached hydrogens (tertiary/aromatic N) is 1. The highest BCUT2D eigenvalue weighted by Gasteiger charge is 2.39. The lowest BCUT2D eigenvalue weighted by molar-refractivity contribution is -0.142. The number of benzene rings is 1. The van der Waals surface area contributed by atoms with Crippen LogP contribution >= 0.6 is 0 Å². The van der Waals surface area contributed by atoms with Crippen LogP contribution in [0.3, 0.4) is 0 Å². The number of carbonyl (C=O) groups is 3. The minimum absolute atomic E-state index is 0.135. The maximum atomic E-state index is 12.0. The number of esters is 1. The molecule has 0 saturated carbocycles. The van der Waals surface area contributed by atoms with Crippen molar-refractivity contribution in [1.29, 1.82) is 0 Å². The lowest BCUT2D eigenvalue weighted by Crippen LogP contribution is -2.33. The molecule has 0 aromatic heterocycles. The normalized spacial score (nSPS) is 16.4. The van der Waals surface area contributed by atoms with Gasteiger partial charge in [-0.25, -0.2) is 0 Å². The van der Waals surface area contributed by atoms with Gasteiger partial charge in [-0.15, -0.1) is 0 Å². The summed E-state index contributed by atoms with van der Waals surface area (Å²) in [4.78, 5) is 37.0. The maximum absolute atomic E-state index is 12.0. The summed E-state index contributed by atoms with van der Waals surface area (Å²) in [7, 11) is 0. The molecule has 0 spiro atoms. The monoisotopic (exact) mass is 273 g/mol. The molecule has 0 bridgehead atoms. The molecule has 20 heavy (non-hydrogen) atoms. The average Bonchev–Trinajstić information content (AvgIpc) is 2.66. The lowest BCUT2D eigenvalue weighted by atomic mass is 9.95. The summed E-state index contributed by atoms with van der Waals surface area (Å²) in [5.74, 6) is -1.23. The summed E-state index contributed by atoms with van der Waals surface area (Å²) in [6.07, 6.45) is 1.81. The zero-order chi connectivity index (χ0) is 14.3. The molecule has 0 atom stereocenters. The summed E-state index contributed by atoms with van der Waals surface area (Å²) in [5, 5.41) is 0. The van der Waals surface area contributed by atoms with E-state index in [-0.39, 0.29) is 12.4 Å². The summed E-state index contributed by atoms with van der Waals surface area (Å²) < 4.78 is 4.92. The molecular weight excluding hydrogens is 258 g/mol. The van der Waals surface area contributed by atoms with Crippen LogP contribution in [0.5, 0.6) is 0 Å². The number of ether oxygens (including phenoxy) is 1. The quantitative estimate of drug-likeness (QED) is 0.614. The van der Waals surface area contributed by atoms with Gasteiger partial charge in [-0.1, -0.05) is 6.07 Å². The van der Waals surface area contributed by atoms with Gasteiger partial charge in [-0.2, -0.15) is 0 Å². The van der Waals surface area contributed by atoms with Crippen molar-refractivity contribution in [2.45, 2.75) is 26.2 Å². The second-order valence-corrected chi connectivity index (χ2v) is 5.02. The summed E-state index contributed by atoms with van der Waals surface area (Å²) >= 11 is 0. The number of hydrogen-bond donors (Lipinski definition) is 0. The Morgan fingerprint density at radius 3 is 2.90 bits per heavy atom. The predicted octanol–water partition coefficient (Wildman–Crippen LogP) is 1.27. The van der Waals surface area contributed by atoms with Crippen LogP contribution in [0.25, 0.3) is 0 Å². The predicted molar refractivity (Wildman–Crippen MR) is 71.8 cm³/mol. The molecule has 0 N–H and O–H groups in total. The zero-order valence-corrected chi connectivity index (χ0v) is 11.3. The summed E-state index contributed by atoms with van der Waals surface area (Å²) in [6.45, 7) is 2.69. The number of rotatable bonds is 3. The third-order valence-electron chi connectivity index (χ3n) is 3.68. The van der Waals surface area contributed by atoms with Crippen molar-refractivity contribution in [3.8, 4) is 0 Å². The minimum atomic E-state index is -0.464. The Morgan fingerprint density at radius 1 is 1.35 bits per heavy atom. The highest BCUT2D eigenvalue weighted by atomic mass is 16.5. The molecule has 0 unspecified atom stereocenters. The van der Waals surface area contributed by atoms with Crippen LogP contribution in [0.2, 0.25) is 0 Å². The topological polar surface area (TPSA) is 63.7 Å². The molecule has 104 valence electrons. The fourth-order valence-corrected chi connectivity index (χ4v) is 2.90. The van der Waals surface area contributed by atoms with E-state index in [1.165, 1.54) is 0 Å². The van der Waals surface area contributed by atoms with E-state index in [2.05, 4.69) is 0 Å². The zero-order valence-electron chi connectivity index (χ0n) is 11.3. The van der Waals surface area contributed by atoms with Crippen LogP contribution < -0.4 is 4.90 Å². The smallest absolute Gasteiger partial charge is 0.310 e. The van der Waals surface area contributed by atoms with Gasteiger partial charge >= 0.3 is 5.97 Å². The molecule has 0 saturated heterocycles. The molecule has 0 aliphatic carbocycles. The largest absolute Gasteiger partial charge is 0.466 e. The molecule has 0 radical (unpaired) electrons. The third-order valence-corrected chi connectivity index (χ3v) is 3.68. The van der Waals surface area contributed by atoms with E-state index in [9.17, 15) is 14.4 Å². The molecule has 2 aliphatic rings. The van der Waals surface area contributed by atoms with Gasteiger partial charge in [0.15, 0.2) is 0 Å². The molecular formula is C15H15NO4. The molecule has 0 fully saturated rings. The van der Waals surface area contributed by atoms with E-state index in [1.807, 2.05) is 6.07 Å². The van der Waals surface area contributed by atoms with E-state index >= 15 is 0 Å². The first-order chi connectivity index (χ1) is 9.61. The van der Waals surface area contributed by atoms with Crippen LogP contribution in [0.1, 0.15) is 34.8 Å². The molecule has 1 aromatic rings. The van der Waals surface area contributed by atoms with Gasteiger partial charge in [0.2, 0.25) is 0 Å². The lowest BCUT2D eigenvalue weighted by Gasteiger charge is -2.25.